The van der Waals surface area contributed by atoms with E-state index in [0.29, 0.717) is 33.4 Å². The molecule has 5 rings (SSSR count). The molecule has 0 unspecified atom stereocenters. The minimum atomic E-state index is -0.468. The van der Waals surface area contributed by atoms with Crippen LogP contribution in [0.25, 0.3) is 11.3 Å². The second-order valence-electron chi connectivity index (χ2n) is 8.34. The summed E-state index contributed by atoms with van der Waals surface area (Å²) in [6.07, 6.45) is 2.36. The minimum Gasteiger partial charge on any atom is -0.497 e. The number of nitriles is 1. The fourth-order valence-corrected chi connectivity index (χ4v) is 5.50. The maximum absolute atomic E-state index is 11.5. The highest BCUT2D eigenvalue weighted by atomic mass is 32.1. The molecule has 1 aliphatic heterocycles. The van der Waals surface area contributed by atoms with Crippen LogP contribution < -0.4 is 4.74 Å². The molecule has 36 heavy (non-hydrogen) atoms. The quantitative estimate of drug-likeness (QED) is 0.173. The standard InChI is InChI=1S/C27H22N4O4S/c1-34-19-7-9-22(24(13-19)31(32)33)25-10-8-20(35-25)15-29-27-23(14-28)21-11-12-30(17-26(21)36-27)16-18-5-3-2-4-6-18/h2-10,13,15H,11-12,16-17H2,1H3/b29-15-. The van der Waals surface area contributed by atoms with E-state index in [1.54, 1.807) is 30.5 Å². The monoisotopic (exact) mass is 498 g/mol. The molecule has 0 saturated carbocycles. The van der Waals surface area contributed by atoms with Crippen LogP contribution in [0.1, 0.15) is 27.3 Å². The molecule has 4 aromatic rings. The van der Waals surface area contributed by atoms with Crippen LogP contribution in [0, 0.1) is 21.4 Å². The number of benzene rings is 2. The van der Waals surface area contributed by atoms with Gasteiger partial charge in [-0.15, -0.1) is 11.3 Å². The summed E-state index contributed by atoms with van der Waals surface area (Å²) in [5.74, 6) is 1.19. The van der Waals surface area contributed by atoms with Crippen LogP contribution in [-0.4, -0.2) is 29.7 Å². The van der Waals surface area contributed by atoms with E-state index < -0.39 is 4.92 Å². The van der Waals surface area contributed by atoms with Crippen LogP contribution in [0.3, 0.4) is 0 Å². The Bertz CT molecular complexity index is 1480. The molecule has 0 aliphatic carbocycles. The third kappa shape index (κ3) is 4.77. The summed E-state index contributed by atoms with van der Waals surface area (Å²) >= 11 is 1.53. The summed E-state index contributed by atoms with van der Waals surface area (Å²) in [5.41, 5.74) is 3.20. The summed E-state index contributed by atoms with van der Waals surface area (Å²) in [6.45, 7) is 2.54. The lowest BCUT2D eigenvalue weighted by atomic mass is 10.0. The Morgan fingerprint density at radius 2 is 2.08 bits per heavy atom. The average Bonchev–Trinajstić information content (AvgIpc) is 3.51. The highest BCUT2D eigenvalue weighted by Gasteiger charge is 2.24. The van der Waals surface area contributed by atoms with Gasteiger partial charge >= 0.3 is 0 Å². The molecule has 0 radical (unpaired) electrons. The molecule has 0 saturated heterocycles. The number of nitro benzene ring substituents is 1. The van der Waals surface area contributed by atoms with Gasteiger partial charge in [-0.1, -0.05) is 30.3 Å². The van der Waals surface area contributed by atoms with Crippen molar-refractivity contribution in [3.63, 3.8) is 0 Å². The highest BCUT2D eigenvalue weighted by molar-refractivity contribution is 7.16. The van der Waals surface area contributed by atoms with Crippen molar-refractivity contribution in [2.24, 2.45) is 4.99 Å². The molecular weight excluding hydrogens is 476 g/mol. The third-order valence-electron chi connectivity index (χ3n) is 6.08. The first-order chi connectivity index (χ1) is 17.6. The number of thiophene rings is 1. The smallest absolute Gasteiger partial charge is 0.284 e. The number of hydrogen-bond donors (Lipinski definition) is 0. The second kappa shape index (κ2) is 10.2. The molecule has 180 valence electrons. The topological polar surface area (TPSA) is 105 Å². The van der Waals surface area contributed by atoms with Gasteiger partial charge in [0.25, 0.3) is 5.69 Å². The van der Waals surface area contributed by atoms with Crippen molar-refractivity contribution in [2.75, 3.05) is 13.7 Å². The van der Waals surface area contributed by atoms with Gasteiger partial charge in [0.1, 0.15) is 28.3 Å². The lowest BCUT2D eigenvalue weighted by Gasteiger charge is -2.26. The molecule has 2 aromatic carbocycles. The maximum atomic E-state index is 11.5. The highest BCUT2D eigenvalue weighted by Crippen LogP contribution is 2.39. The number of methoxy groups -OCH3 is 1. The van der Waals surface area contributed by atoms with Gasteiger partial charge in [0.2, 0.25) is 0 Å². The number of furan rings is 1. The van der Waals surface area contributed by atoms with Crippen molar-refractivity contribution >= 4 is 28.2 Å². The van der Waals surface area contributed by atoms with E-state index in [1.807, 2.05) is 18.2 Å². The van der Waals surface area contributed by atoms with Crippen molar-refractivity contribution in [3.8, 4) is 23.1 Å². The fraction of sp³-hybridized carbons (Fsp3) is 0.185. The van der Waals surface area contributed by atoms with E-state index in [0.717, 1.165) is 36.5 Å². The van der Waals surface area contributed by atoms with E-state index in [4.69, 9.17) is 9.15 Å². The first kappa shape index (κ1) is 23.5. The molecule has 0 bridgehead atoms. The average molecular weight is 499 g/mol. The number of hydrogen-bond acceptors (Lipinski definition) is 8. The van der Waals surface area contributed by atoms with Crippen molar-refractivity contribution < 1.29 is 14.1 Å². The van der Waals surface area contributed by atoms with Gasteiger partial charge in [0.15, 0.2) is 0 Å². The Hall–Kier alpha value is -4.26. The van der Waals surface area contributed by atoms with Crippen LogP contribution in [0.4, 0.5) is 10.7 Å². The molecule has 0 atom stereocenters. The summed E-state index contributed by atoms with van der Waals surface area (Å²) in [4.78, 5) is 19.2. The molecule has 0 amide bonds. The molecule has 1 aliphatic rings. The molecule has 0 fully saturated rings. The van der Waals surface area contributed by atoms with Crippen molar-refractivity contribution in [2.45, 2.75) is 19.5 Å². The second-order valence-corrected chi connectivity index (χ2v) is 9.43. The SMILES string of the molecule is COc1ccc(-c2ccc(/C=N\c3sc4c(c3C#N)CCN(Cc3ccccc3)C4)o2)c([N+](=O)[O-])c1. The predicted octanol–water partition coefficient (Wildman–Crippen LogP) is 6.11. The molecule has 0 spiro atoms. The summed E-state index contributed by atoms with van der Waals surface area (Å²) in [5, 5.41) is 22.0. The van der Waals surface area contributed by atoms with Crippen LogP contribution >= 0.6 is 11.3 Å². The molecular formula is C27H22N4O4S. The van der Waals surface area contributed by atoms with Gasteiger partial charge in [0, 0.05) is 24.5 Å². The number of ether oxygens (including phenoxy) is 1. The lowest BCUT2D eigenvalue weighted by Crippen LogP contribution is -2.29. The molecule has 3 heterocycles. The molecule has 8 nitrogen and oxygen atoms in total. The van der Waals surface area contributed by atoms with Gasteiger partial charge in [-0.2, -0.15) is 5.26 Å². The molecule has 0 N–H and O–H groups in total. The molecule has 9 heteroatoms. The summed E-state index contributed by atoms with van der Waals surface area (Å²) in [6, 6.07) is 20.7. The Labute approximate surface area is 211 Å². The number of fused-ring (bicyclic) bond motifs is 1. The van der Waals surface area contributed by atoms with Gasteiger partial charge in [-0.05, 0) is 41.8 Å². The van der Waals surface area contributed by atoms with E-state index in [9.17, 15) is 15.4 Å². The van der Waals surface area contributed by atoms with Crippen molar-refractivity contribution in [1.82, 2.24) is 4.90 Å². The van der Waals surface area contributed by atoms with E-state index >= 15 is 0 Å². The number of rotatable bonds is 7. The Balaban J connectivity index is 1.36. The first-order valence-electron chi connectivity index (χ1n) is 11.3. The number of nitro groups is 1. The van der Waals surface area contributed by atoms with Crippen LogP contribution in [0.5, 0.6) is 5.75 Å². The van der Waals surface area contributed by atoms with E-state index in [-0.39, 0.29) is 5.69 Å². The van der Waals surface area contributed by atoms with Gasteiger partial charge in [-0.25, -0.2) is 4.99 Å². The Morgan fingerprint density at radius 1 is 1.25 bits per heavy atom. The zero-order chi connectivity index (χ0) is 25.1. The fourth-order valence-electron chi connectivity index (χ4n) is 4.31. The number of aliphatic imine (C=N–C) groups is 1. The van der Waals surface area contributed by atoms with E-state index in [1.165, 1.54) is 30.1 Å². The lowest BCUT2D eigenvalue weighted by molar-refractivity contribution is -0.384. The third-order valence-corrected chi connectivity index (χ3v) is 7.21. The molecule has 2 aromatic heterocycles. The normalized spacial score (nSPS) is 13.4. The maximum Gasteiger partial charge on any atom is 0.284 e. The predicted molar refractivity (Wildman–Crippen MR) is 138 cm³/mol. The van der Waals surface area contributed by atoms with Crippen molar-refractivity contribution in [1.29, 1.82) is 5.26 Å². The Kier molecular flexibility index (Phi) is 6.62. The van der Waals surface area contributed by atoms with Crippen LogP contribution in [-0.2, 0) is 19.5 Å². The zero-order valence-corrected chi connectivity index (χ0v) is 20.3. The summed E-state index contributed by atoms with van der Waals surface area (Å²) < 4.78 is 10.9. The largest absolute Gasteiger partial charge is 0.497 e. The van der Waals surface area contributed by atoms with Gasteiger partial charge < -0.3 is 9.15 Å². The van der Waals surface area contributed by atoms with Crippen LogP contribution in [0.15, 0.2) is 70.1 Å². The first-order valence-corrected chi connectivity index (χ1v) is 12.1. The van der Waals surface area contributed by atoms with Gasteiger partial charge in [0.05, 0.1) is 35.4 Å². The summed E-state index contributed by atoms with van der Waals surface area (Å²) in [7, 11) is 1.46. The van der Waals surface area contributed by atoms with Gasteiger partial charge in [-0.3, -0.25) is 15.0 Å². The van der Waals surface area contributed by atoms with E-state index in [2.05, 4.69) is 28.1 Å². The van der Waals surface area contributed by atoms with Crippen molar-refractivity contribution in [3.05, 3.63) is 98.1 Å². The van der Waals surface area contributed by atoms with Crippen LogP contribution in [0.2, 0.25) is 0 Å². The zero-order valence-electron chi connectivity index (χ0n) is 19.5. The Morgan fingerprint density at radius 3 is 2.83 bits per heavy atom. The number of nitrogens with zero attached hydrogens (tertiary/aromatic N) is 4. The minimum absolute atomic E-state index is 0.107.